The average molecular weight is 301 g/mol. The second kappa shape index (κ2) is 9.64. The molecule has 0 aliphatic rings. The Balaban J connectivity index is 1.95. The zero-order valence-electron chi connectivity index (χ0n) is 10.4. The summed E-state index contributed by atoms with van der Waals surface area (Å²) in [5, 5.41) is 1.14. The molecule has 0 heterocycles. The first-order chi connectivity index (χ1) is 8.33. The molecule has 1 rings (SSSR count). The Labute approximate surface area is 113 Å². The van der Waals surface area contributed by atoms with Gasteiger partial charge in [0.1, 0.15) is 5.82 Å². The van der Waals surface area contributed by atoms with Crippen molar-refractivity contribution >= 4 is 15.9 Å². The fourth-order valence-electron chi connectivity index (χ4n) is 1.96. The van der Waals surface area contributed by atoms with Crippen molar-refractivity contribution in [2.45, 2.75) is 51.4 Å². The van der Waals surface area contributed by atoms with Gasteiger partial charge in [-0.05, 0) is 37.0 Å². The number of benzene rings is 1. The third kappa shape index (κ3) is 7.54. The van der Waals surface area contributed by atoms with Crippen LogP contribution in [-0.2, 0) is 6.42 Å². The molecule has 2 heteroatoms. The van der Waals surface area contributed by atoms with E-state index in [2.05, 4.69) is 15.9 Å². The summed E-state index contributed by atoms with van der Waals surface area (Å²) in [7, 11) is 0. The molecule has 1 aromatic carbocycles. The fraction of sp³-hybridized carbons (Fsp3) is 0.600. The topological polar surface area (TPSA) is 0 Å². The molecule has 0 amide bonds. The monoisotopic (exact) mass is 300 g/mol. The number of hydrogen-bond acceptors (Lipinski definition) is 0. The van der Waals surface area contributed by atoms with Crippen molar-refractivity contribution in [1.82, 2.24) is 0 Å². The Kier molecular flexibility index (Phi) is 8.33. The molecule has 1 aromatic rings. The van der Waals surface area contributed by atoms with Crippen LogP contribution in [0.3, 0.4) is 0 Å². The van der Waals surface area contributed by atoms with Gasteiger partial charge in [0.25, 0.3) is 0 Å². The van der Waals surface area contributed by atoms with Gasteiger partial charge in [-0.25, -0.2) is 4.39 Å². The van der Waals surface area contributed by atoms with E-state index in [1.165, 1.54) is 50.5 Å². The lowest BCUT2D eigenvalue weighted by Crippen LogP contribution is -1.87. The van der Waals surface area contributed by atoms with Gasteiger partial charge in [-0.15, -0.1) is 0 Å². The highest BCUT2D eigenvalue weighted by molar-refractivity contribution is 9.09. The lowest BCUT2D eigenvalue weighted by atomic mass is 10.0. The number of alkyl halides is 1. The van der Waals surface area contributed by atoms with Crippen LogP contribution in [0.2, 0.25) is 0 Å². The van der Waals surface area contributed by atoms with E-state index in [1.807, 2.05) is 12.1 Å². The average Bonchev–Trinajstić information content (AvgIpc) is 2.35. The van der Waals surface area contributed by atoms with E-state index in [9.17, 15) is 4.39 Å². The smallest absolute Gasteiger partial charge is 0.123 e. The molecule has 17 heavy (non-hydrogen) atoms. The second-order valence-corrected chi connectivity index (χ2v) is 5.33. The number of hydrogen-bond donors (Lipinski definition) is 0. The summed E-state index contributed by atoms with van der Waals surface area (Å²) in [6.45, 7) is 0. The van der Waals surface area contributed by atoms with E-state index in [-0.39, 0.29) is 5.82 Å². The van der Waals surface area contributed by atoms with Crippen LogP contribution in [0.15, 0.2) is 24.3 Å². The third-order valence-electron chi connectivity index (χ3n) is 3.01. The molecular formula is C15H22BrF. The molecule has 0 aliphatic carbocycles. The van der Waals surface area contributed by atoms with Crippen LogP contribution in [0.25, 0.3) is 0 Å². The second-order valence-electron chi connectivity index (χ2n) is 4.54. The van der Waals surface area contributed by atoms with E-state index >= 15 is 0 Å². The van der Waals surface area contributed by atoms with Crippen molar-refractivity contribution in [2.75, 3.05) is 5.33 Å². The number of aryl methyl sites for hydroxylation is 1. The SMILES string of the molecule is Fc1ccc(CCCCCCCCCBr)cc1. The van der Waals surface area contributed by atoms with Crippen molar-refractivity contribution in [3.8, 4) is 0 Å². The molecular weight excluding hydrogens is 279 g/mol. The van der Waals surface area contributed by atoms with Gasteiger partial charge in [0.05, 0.1) is 0 Å². The highest BCUT2D eigenvalue weighted by Gasteiger charge is 1.95. The molecule has 0 unspecified atom stereocenters. The molecule has 0 fully saturated rings. The van der Waals surface area contributed by atoms with Crippen LogP contribution < -0.4 is 0 Å². The lowest BCUT2D eigenvalue weighted by molar-refractivity contribution is 0.590. The minimum absolute atomic E-state index is 0.138. The van der Waals surface area contributed by atoms with Gasteiger partial charge in [0.2, 0.25) is 0 Å². The molecule has 0 radical (unpaired) electrons. The summed E-state index contributed by atoms with van der Waals surface area (Å²) in [6.07, 6.45) is 10.3. The summed E-state index contributed by atoms with van der Waals surface area (Å²) < 4.78 is 12.7. The predicted molar refractivity (Wildman–Crippen MR) is 76.2 cm³/mol. The highest BCUT2D eigenvalue weighted by Crippen LogP contribution is 2.11. The van der Waals surface area contributed by atoms with Crippen molar-refractivity contribution in [3.63, 3.8) is 0 Å². The maximum absolute atomic E-state index is 12.7. The maximum Gasteiger partial charge on any atom is 0.123 e. The lowest BCUT2D eigenvalue weighted by Gasteiger charge is -2.02. The summed E-state index contributed by atoms with van der Waals surface area (Å²) in [4.78, 5) is 0. The van der Waals surface area contributed by atoms with Crippen LogP contribution in [0, 0.1) is 5.82 Å². The van der Waals surface area contributed by atoms with Gasteiger partial charge in [0.15, 0.2) is 0 Å². The first-order valence-electron chi connectivity index (χ1n) is 6.63. The number of unbranched alkanes of at least 4 members (excludes halogenated alkanes) is 6. The normalized spacial score (nSPS) is 10.7. The Morgan fingerprint density at radius 3 is 1.88 bits per heavy atom. The van der Waals surface area contributed by atoms with Crippen molar-refractivity contribution < 1.29 is 4.39 Å². The quantitative estimate of drug-likeness (QED) is 0.417. The Hall–Kier alpha value is -0.370. The number of halogens is 2. The first kappa shape index (κ1) is 14.7. The maximum atomic E-state index is 12.7. The van der Waals surface area contributed by atoms with Gasteiger partial charge in [-0.2, -0.15) is 0 Å². The van der Waals surface area contributed by atoms with Crippen molar-refractivity contribution in [1.29, 1.82) is 0 Å². The zero-order valence-corrected chi connectivity index (χ0v) is 12.0. The Bertz CT molecular complexity index is 281. The van der Waals surface area contributed by atoms with E-state index in [4.69, 9.17) is 0 Å². The number of rotatable bonds is 9. The Morgan fingerprint density at radius 2 is 1.29 bits per heavy atom. The zero-order chi connectivity index (χ0) is 12.3. The third-order valence-corrected chi connectivity index (χ3v) is 3.57. The molecule has 0 saturated carbocycles. The predicted octanol–water partition coefficient (Wildman–Crippen LogP) is 5.49. The van der Waals surface area contributed by atoms with Gasteiger partial charge in [0, 0.05) is 5.33 Å². The van der Waals surface area contributed by atoms with Crippen LogP contribution in [0.4, 0.5) is 4.39 Å². The molecule has 0 saturated heterocycles. The van der Waals surface area contributed by atoms with Crippen molar-refractivity contribution in [3.05, 3.63) is 35.6 Å². The van der Waals surface area contributed by atoms with Crippen LogP contribution in [0.1, 0.15) is 50.5 Å². The summed E-state index contributed by atoms with van der Waals surface area (Å²) in [6, 6.07) is 6.89. The minimum Gasteiger partial charge on any atom is -0.207 e. The standard InChI is InChI=1S/C15H22BrF/c16-13-7-5-3-1-2-4-6-8-14-9-11-15(17)12-10-14/h9-12H,1-8,13H2. The van der Waals surface area contributed by atoms with Crippen LogP contribution >= 0.6 is 15.9 Å². The van der Waals surface area contributed by atoms with E-state index in [1.54, 1.807) is 12.1 Å². The summed E-state index contributed by atoms with van der Waals surface area (Å²) in [5.74, 6) is -0.138. The minimum atomic E-state index is -0.138. The highest BCUT2D eigenvalue weighted by atomic mass is 79.9. The molecule has 0 aromatic heterocycles. The molecule has 0 nitrogen and oxygen atoms in total. The van der Waals surface area contributed by atoms with Gasteiger partial charge < -0.3 is 0 Å². The summed E-state index contributed by atoms with van der Waals surface area (Å²) in [5.41, 5.74) is 1.26. The molecule has 0 N–H and O–H groups in total. The van der Waals surface area contributed by atoms with E-state index in [0.29, 0.717) is 0 Å². The van der Waals surface area contributed by atoms with Gasteiger partial charge in [-0.1, -0.05) is 60.2 Å². The van der Waals surface area contributed by atoms with Crippen molar-refractivity contribution in [2.24, 2.45) is 0 Å². The van der Waals surface area contributed by atoms with Gasteiger partial charge in [-0.3, -0.25) is 0 Å². The molecule has 0 atom stereocenters. The fourth-order valence-corrected chi connectivity index (χ4v) is 2.36. The van der Waals surface area contributed by atoms with Crippen LogP contribution in [-0.4, -0.2) is 5.33 Å². The van der Waals surface area contributed by atoms with E-state index in [0.717, 1.165) is 11.8 Å². The largest absolute Gasteiger partial charge is 0.207 e. The first-order valence-corrected chi connectivity index (χ1v) is 7.75. The molecule has 0 bridgehead atoms. The van der Waals surface area contributed by atoms with Gasteiger partial charge >= 0.3 is 0 Å². The summed E-state index contributed by atoms with van der Waals surface area (Å²) >= 11 is 3.45. The van der Waals surface area contributed by atoms with E-state index < -0.39 is 0 Å². The molecule has 96 valence electrons. The molecule has 0 spiro atoms. The van der Waals surface area contributed by atoms with Crippen LogP contribution in [0.5, 0.6) is 0 Å². The Morgan fingerprint density at radius 1 is 0.765 bits per heavy atom. The molecule has 0 aliphatic heterocycles.